The number of piperidine rings is 1. The molecular weight excluding hydrogens is 421 g/mol. The average molecular weight is 450 g/mol. The van der Waals surface area contributed by atoms with E-state index >= 15 is 0 Å². The molecular formula is C22H29Cl2N5O. The minimum Gasteiger partial charge on any atom is -0.338 e. The Kier molecular flexibility index (Phi) is 7.86. The lowest BCUT2D eigenvalue weighted by Crippen LogP contribution is -2.45. The highest BCUT2D eigenvalue weighted by atomic mass is 35.5. The number of amides is 1. The Morgan fingerprint density at radius 3 is 2.60 bits per heavy atom. The Morgan fingerprint density at radius 2 is 1.93 bits per heavy atom. The van der Waals surface area contributed by atoms with E-state index in [4.69, 9.17) is 10.7 Å². The van der Waals surface area contributed by atoms with Crippen LogP contribution >= 0.6 is 24.8 Å². The average Bonchev–Trinajstić information content (AvgIpc) is 3.01. The number of hydrogen-bond acceptors (Lipinski definition) is 4. The van der Waals surface area contributed by atoms with Crippen LogP contribution in [0.5, 0.6) is 0 Å². The van der Waals surface area contributed by atoms with Crippen LogP contribution in [0.2, 0.25) is 0 Å². The third-order valence-corrected chi connectivity index (χ3v) is 5.76. The third kappa shape index (κ3) is 4.46. The molecule has 2 N–H and O–H groups in total. The molecule has 1 aromatic carbocycles. The molecule has 0 bridgehead atoms. The standard InChI is InChI=1S/C22H27N5O.2ClH/c1-14(23)17-10-7-11-27(13-17)22(28)18-12-19(16-8-5-4-6-9-16)24-21-20(18)15(2)25-26(21)3;;/h4-6,8-9,12,14,17H,7,10-11,13,23H2,1-3H3;2*1H. The first kappa shape index (κ1) is 24.1. The van der Waals surface area contributed by atoms with E-state index in [1.54, 1.807) is 4.68 Å². The second-order valence-corrected chi connectivity index (χ2v) is 7.84. The molecule has 0 spiro atoms. The molecule has 8 heteroatoms. The van der Waals surface area contributed by atoms with Gasteiger partial charge < -0.3 is 10.6 Å². The lowest BCUT2D eigenvalue weighted by molar-refractivity contribution is 0.0663. The van der Waals surface area contributed by atoms with E-state index in [0.717, 1.165) is 47.4 Å². The van der Waals surface area contributed by atoms with E-state index in [1.165, 1.54) is 0 Å². The predicted octanol–water partition coefficient (Wildman–Crippen LogP) is 3.99. The van der Waals surface area contributed by atoms with Crippen molar-refractivity contribution in [2.45, 2.75) is 32.7 Å². The quantitative estimate of drug-likeness (QED) is 0.655. The van der Waals surface area contributed by atoms with Gasteiger partial charge in [-0.05, 0) is 38.7 Å². The predicted molar refractivity (Wildman–Crippen MR) is 125 cm³/mol. The number of nitrogens with zero attached hydrogens (tertiary/aromatic N) is 4. The molecule has 0 aliphatic carbocycles. The normalized spacial score (nSPS) is 17.2. The van der Waals surface area contributed by atoms with Crippen molar-refractivity contribution in [2.75, 3.05) is 13.1 Å². The number of carbonyl (C=O) groups excluding carboxylic acids is 1. The van der Waals surface area contributed by atoms with Gasteiger partial charge >= 0.3 is 0 Å². The Bertz CT molecular complexity index is 1020. The van der Waals surface area contributed by atoms with Gasteiger partial charge in [-0.1, -0.05) is 30.3 Å². The number of fused-ring (bicyclic) bond motifs is 1. The molecule has 2 unspecified atom stereocenters. The highest BCUT2D eigenvalue weighted by Gasteiger charge is 2.29. The smallest absolute Gasteiger partial charge is 0.254 e. The molecule has 1 saturated heterocycles. The Hall–Kier alpha value is -2.15. The number of rotatable bonds is 3. The summed E-state index contributed by atoms with van der Waals surface area (Å²) in [4.78, 5) is 20.3. The van der Waals surface area contributed by atoms with Crippen LogP contribution in [-0.4, -0.2) is 44.7 Å². The summed E-state index contributed by atoms with van der Waals surface area (Å²) in [6, 6.07) is 12.0. The molecule has 162 valence electrons. The van der Waals surface area contributed by atoms with Gasteiger partial charge in [0.25, 0.3) is 5.91 Å². The fraction of sp³-hybridized carbons (Fsp3) is 0.409. The summed E-state index contributed by atoms with van der Waals surface area (Å²) in [5.41, 5.74) is 10.2. The van der Waals surface area contributed by atoms with E-state index < -0.39 is 0 Å². The van der Waals surface area contributed by atoms with Crippen molar-refractivity contribution in [3.05, 3.63) is 47.7 Å². The maximum absolute atomic E-state index is 13.5. The number of aryl methyl sites for hydroxylation is 2. The lowest BCUT2D eigenvalue weighted by Gasteiger charge is -2.34. The summed E-state index contributed by atoms with van der Waals surface area (Å²) >= 11 is 0. The van der Waals surface area contributed by atoms with Crippen LogP contribution in [0.1, 0.15) is 35.8 Å². The molecule has 3 heterocycles. The van der Waals surface area contributed by atoms with E-state index in [1.807, 2.05) is 62.2 Å². The van der Waals surface area contributed by atoms with Crippen LogP contribution in [-0.2, 0) is 7.05 Å². The number of benzene rings is 1. The molecule has 6 nitrogen and oxygen atoms in total. The van der Waals surface area contributed by atoms with Gasteiger partial charge in [-0.25, -0.2) is 4.98 Å². The number of halogens is 2. The molecule has 1 aliphatic rings. The zero-order valence-electron chi connectivity index (χ0n) is 17.5. The molecule has 0 radical (unpaired) electrons. The Balaban J connectivity index is 0.00000160. The minimum absolute atomic E-state index is 0. The first-order valence-electron chi connectivity index (χ1n) is 9.90. The highest BCUT2D eigenvalue weighted by molar-refractivity contribution is 6.07. The number of hydrogen-bond donors (Lipinski definition) is 1. The van der Waals surface area contributed by atoms with Crippen LogP contribution in [0.15, 0.2) is 36.4 Å². The van der Waals surface area contributed by atoms with Gasteiger partial charge in [-0.2, -0.15) is 5.10 Å². The zero-order valence-corrected chi connectivity index (χ0v) is 19.2. The molecule has 4 rings (SSSR count). The van der Waals surface area contributed by atoms with Crippen molar-refractivity contribution < 1.29 is 4.79 Å². The molecule has 0 saturated carbocycles. The maximum atomic E-state index is 13.5. The van der Waals surface area contributed by atoms with Gasteiger partial charge in [0.15, 0.2) is 5.65 Å². The van der Waals surface area contributed by atoms with Crippen molar-refractivity contribution in [3.63, 3.8) is 0 Å². The molecule has 2 atom stereocenters. The monoisotopic (exact) mass is 449 g/mol. The minimum atomic E-state index is 0. The van der Waals surface area contributed by atoms with Crippen LogP contribution in [0.3, 0.4) is 0 Å². The number of carbonyl (C=O) groups is 1. The van der Waals surface area contributed by atoms with Gasteiger partial charge in [0.1, 0.15) is 0 Å². The molecule has 1 aliphatic heterocycles. The second-order valence-electron chi connectivity index (χ2n) is 7.84. The van der Waals surface area contributed by atoms with Gasteiger partial charge in [-0.3, -0.25) is 9.48 Å². The van der Waals surface area contributed by atoms with Crippen molar-refractivity contribution in [1.82, 2.24) is 19.7 Å². The SMILES string of the molecule is Cc1nn(C)c2nc(-c3ccccc3)cc(C(=O)N3CCCC(C(C)N)C3)c12.Cl.Cl. The Labute approximate surface area is 189 Å². The topological polar surface area (TPSA) is 77.0 Å². The Morgan fingerprint density at radius 1 is 1.23 bits per heavy atom. The maximum Gasteiger partial charge on any atom is 0.254 e. The number of likely N-dealkylation sites (tertiary alicyclic amines) is 1. The van der Waals surface area contributed by atoms with Crippen molar-refractivity contribution in [3.8, 4) is 11.3 Å². The van der Waals surface area contributed by atoms with Crippen LogP contribution in [0.4, 0.5) is 0 Å². The molecule has 30 heavy (non-hydrogen) atoms. The van der Waals surface area contributed by atoms with Crippen molar-refractivity contribution >= 4 is 41.8 Å². The van der Waals surface area contributed by atoms with Crippen LogP contribution in [0, 0.1) is 12.8 Å². The lowest BCUT2D eigenvalue weighted by atomic mass is 9.91. The number of aromatic nitrogens is 3. The molecule has 1 fully saturated rings. The van der Waals surface area contributed by atoms with Gasteiger partial charge in [0, 0.05) is 31.7 Å². The fourth-order valence-electron chi connectivity index (χ4n) is 4.16. The van der Waals surface area contributed by atoms with Gasteiger partial charge in [-0.15, -0.1) is 24.8 Å². The van der Waals surface area contributed by atoms with Crippen molar-refractivity contribution in [1.29, 1.82) is 0 Å². The first-order chi connectivity index (χ1) is 13.5. The first-order valence-corrected chi connectivity index (χ1v) is 9.90. The summed E-state index contributed by atoms with van der Waals surface area (Å²) in [6.45, 7) is 5.44. The van der Waals surface area contributed by atoms with E-state index in [2.05, 4.69) is 5.10 Å². The zero-order chi connectivity index (χ0) is 19.8. The fourth-order valence-corrected chi connectivity index (χ4v) is 4.16. The van der Waals surface area contributed by atoms with Gasteiger partial charge in [0.2, 0.25) is 0 Å². The van der Waals surface area contributed by atoms with Crippen LogP contribution in [0.25, 0.3) is 22.3 Å². The van der Waals surface area contributed by atoms with E-state index in [-0.39, 0.29) is 36.8 Å². The summed E-state index contributed by atoms with van der Waals surface area (Å²) in [5, 5.41) is 5.36. The molecule has 2 aromatic heterocycles. The van der Waals surface area contributed by atoms with Gasteiger partial charge in [0.05, 0.1) is 22.3 Å². The molecule has 1 amide bonds. The second kappa shape index (κ2) is 9.77. The summed E-state index contributed by atoms with van der Waals surface area (Å²) in [6.07, 6.45) is 2.07. The summed E-state index contributed by atoms with van der Waals surface area (Å²) in [5.74, 6) is 0.393. The largest absolute Gasteiger partial charge is 0.338 e. The molecule has 3 aromatic rings. The highest BCUT2D eigenvalue weighted by Crippen LogP contribution is 2.29. The van der Waals surface area contributed by atoms with E-state index in [9.17, 15) is 4.79 Å². The number of pyridine rings is 1. The van der Waals surface area contributed by atoms with Crippen LogP contribution < -0.4 is 5.73 Å². The van der Waals surface area contributed by atoms with Crippen molar-refractivity contribution in [2.24, 2.45) is 18.7 Å². The summed E-state index contributed by atoms with van der Waals surface area (Å²) < 4.78 is 1.76. The number of nitrogens with two attached hydrogens (primary N) is 1. The van der Waals surface area contributed by atoms with E-state index in [0.29, 0.717) is 18.0 Å². The third-order valence-electron chi connectivity index (χ3n) is 5.76. The summed E-state index contributed by atoms with van der Waals surface area (Å²) in [7, 11) is 1.87.